The third-order valence-corrected chi connectivity index (χ3v) is 4.12. The zero-order valence-corrected chi connectivity index (χ0v) is 12.4. The van der Waals surface area contributed by atoms with Crippen LogP contribution in [0.25, 0.3) is 0 Å². The Labute approximate surface area is 127 Å². The van der Waals surface area contributed by atoms with Gasteiger partial charge in [0.15, 0.2) is 0 Å². The van der Waals surface area contributed by atoms with Gasteiger partial charge in [0.25, 0.3) is 0 Å². The van der Waals surface area contributed by atoms with Crippen molar-refractivity contribution in [2.24, 2.45) is 0 Å². The lowest BCUT2D eigenvalue weighted by atomic mass is 9.77. The Kier molecular flexibility index (Phi) is 4.19. The molecular weight excluding hydrogens is 303 g/mol. The number of rotatable bonds is 3. The monoisotopic (exact) mass is 312 g/mol. The molecule has 0 aliphatic rings. The van der Waals surface area contributed by atoms with Crippen LogP contribution in [0.1, 0.15) is 18.1 Å². The lowest BCUT2D eigenvalue weighted by Crippen LogP contribution is -2.30. The summed E-state index contributed by atoms with van der Waals surface area (Å²) in [6.07, 6.45) is 0. The molecule has 0 atom stereocenters. The number of carbonyl (C=O) groups is 1. The minimum atomic E-state index is -0.920. The molecule has 98 valence electrons. The Morgan fingerprint density at radius 1 is 0.842 bits per heavy atom. The molecule has 19 heavy (non-hydrogen) atoms. The van der Waals surface area contributed by atoms with Crippen LogP contribution < -0.4 is 0 Å². The molecule has 0 heterocycles. The zero-order valence-electron chi connectivity index (χ0n) is 10.2. The van der Waals surface area contributed by atoms with Gasteiger partial charge in [0.2, 0.25) is 5.24 Å². The first kappa shape index (κ1) is 14.4. The molecular formula is C15H11Cl3O. The molecule has 2 aromatic carbocycles. The normalized spacial score (nSPS) is 11.4. The van der Waals surface area contributed by atoms with Gasteiger partial charge < -0.3 is 0 Å². The zero-order chi connectivity index (χ0) is 14.0. The van der Waals surface area contributed by atoms with Gasteiger partial charge in [0.1, 0.15) is 0 Å². The van der Waals surface area contributed by atoms with Crippen LogP contribution in [0.5, 0.6) is 0 Å². The summed E-state index contributed by atoms with van der Waals surface area (Å²) in [6, 6.07) is 14.2. The van der Waals surface area contributed by atoms with Gasteiger partial charge in [0.05, 0.1) is 5.41 Å². The lowest BCUT2D eigenvalue weighted by Gasteiger charge is -2.26. The van der Waals surface area contributed by atoms with E-state index in [1.807, 2.05) is 0 Å². The Bertz CT molecular complexity index is 542. The van der Waals surface area contributed by atoms with E-state index in [9.17, 15) is 4.79 Å². The molecule has 0 spiro atoms. The molecule has 1 nitrogen and oxygen atoms in total. The van der Waals surface area contributed by atoms with Crippen LogP contribution in [0.15, 0.2) is 48.5 Å². The van der Waals surface area contributed by atoms with E-state index < -0.39 is 10.7 Å². The van der Waals surface area contributed by atoms with Crippen molar-refractivity contribution in [3.05, 3.63) is 69.7 Å². The SMILES string of the molecule is CC(C(=O)Cl)(c1ccc(Cl)cc1)c1ccc(Cl)cc1. The highest BCUT2D eigenvalue weighted by atomic mass is 35.5. The van der Waals surface area contributed by atoms with Gasteiger partial charge in [0, 0.05) is 10.0 Å². The predicted octanol–water partition coefficient (Wildman–Crippen LogP) is 5.06. The van der Waals surface area contributed by atoms with Crippen LogP contribution in [0.4, 0.5) is 0 Å². The first-order valence-corrected chi connectivity index (χ1v) is 6.80. The van der Waals surface area contributed by atoms with Gasteiger partial charge >= 0.3 is 0 Å². The molecule has 0 aliphatic heterocycles. The molecule has 0 fully saturated rings. The maximum atomic E-state index is 11.9. The third kappa shape index (κ3) is 2.79. The second-order valence-electron chi connectivity index (χ2n) is 4.41. The van der Waals surface area contributed by atoms with E-state index in [1.165, 1.54) is 0 Å². The van der Waals surface area contributed by atoms with Crippen LogP contribution >= 0.6 is 34.8 Å². The summed E-state index contributed by atoms with van der Waals surface area (Å²) < 4.78 is 0. The summed E-state index contributed by atoms with van der Waals surface area (Å²) >= 11 is 17.6. The van der Waals surface area contributed by atoms with Crippen molar-refractivity contribution in [1.82, 2.24) is 0 Å². The molecule has 0 bridgehead atoms. The number of benzene rings is 2. The number of hydrogen-bond donors (Lipinski definition) is 0. The molecule has 0 saturated heterocycles. The number of halogens is 3. The van der Waals surface area contributed by atoms with Crippen LogP contribution in [0.2, 0.25) is 10.0 Å². The Morgan fingerprint density at radius 3 is 1.42 bits per heavy atom. The van der Waals surface area contributed by atoms with Gasteiger partial charge in [-0.25, -0.2) is 0 Å². The Morgan fingerprint density at radius 2 is 1.16 bits per heavy atom. The third-order valence-electron chi connectivity index (χ3n) is 3.24. The van der Waals surface area contributed by atoms with Gasteiger partial charge in [-0.15, -0.1) is 0 Å². The highest BCUT2D eigenvalue weighted by Gasteiger charge is 2.35. The first-order valence-electron chi connectivity index (χ1n) is 5.66. The number of carbonyl (C=O) groups excluding carboxylic acids is 1. The molecule has 0 saturated carbocycles. The summed E-state index contributed by atoms with van der Waals surface area (Å²) in [5.41, 5.74) is 0.662. The van der Waals surface area contributed by atoms with Crippen LogP contribution in [-0.4, -0.2) is 5.24 Å². The maximum Gasteiger partial charge on any atom is 0.236 e. The first-order chi connectivity index (χ1) is 8.94. The smallest absolute Gasteiger partial charge is 0.236 e. The maximum absolute atomic E-state index is 11.9. The van der Waals surface area contributed by atoms with E-state index in [1.54, 1.807) is 55.5 Å². The molecule has 0 N–H and O–H groups in total. The largest absolute Gasteiger partial charge is 0.280 e. The van der Waals surface area contributed by atoms with Crippen molar-refractivity contribution in [3.8, 4) is 0 Å². The van der Waals surface area contributed by atoms with E-state index in [0.29, 0.717) is 10.0 Å². The summed E-state index contributed by atoms with van der Waals surface area (Å²) in [4.78, 5) is 11.9. The van der Waals surface area contributed by atoms with E-state index in [0.717, 1.165) is 11.1 Å². The fourth-order valence-electron chi connectivity index (χ4n) is 1.96. The van der Waals surface area contributed by atoms with Crippen LogP contribution in [0.3, 0.4) is 0 Å². The molecule has 2 aromatic rings. The van der Waals surface area contributed by atoms with Crippen molar-refractivity contribution in [1.29, 1.82) is 0 Å². The van der Waals surface area contributed by atoms with Crippen molar-refractivity contribution in [2.45, 2.75) is 12.3 Å². The summed E-state index contributed by atoms with van der Waals surface area (Å²) in [6.45, 7) is 1.79. The second kappa shape index (κ2) is 5.54. The average Bonchev–Trinajstić information content (AvgIpc) is 2.39. The summed E-state index contributed by atoms with van der Waals surface area (Å²) in [5, 5.41) is 0.783. The standard InChI is InChI=1S/C15H11Cl3O/c1-15(14(18)19,10-2-6-12(16)7-3-10)11-4-8-13(17)9-5-11/h2-9H,1H3. The Balaban J connectivity index is 2.57. The molecule has 0 radical (unpaired) electrons. The highest BCUT2D eigenvalue weighted by molar-refractivity contribution is 6.66. The minimum absolute atomic E-state index is 0.447. The Hall–Kier alpha value is -1.02. The molecule has 0 unspecified atom stereocenters. The average molecular weight is 314 g/mol. The predicted molar refractivity (Wildman–Crippen MR) is 80.2 cm³/mol. The van der Waals surface area contributed by atoms with Crippen molar-refractivity contribution >= 4 is 40.0 Å². The molecule has 0 amide bonds. The minimum Gasteiger partial charge on any atom is -0.280 e. The fourth-order valence-corrected chi connectivity index (χ4v) is 2.43. The van der Waals surface area contributed by atoms with Crippen molar-refractivity contribution in [3.63, 3.8) is 0 Å². The summed E-state index contributed by atoms with van der Waals surface area (Å²) in [5.74, 6) is 0. The second-order valence-corrected chi connectivity index (χ2v) is 5.63. The molecule has 0 aromatic heterocycles. The van der Waals surface area contributed by atoms with E-state index in [4.69, 9.17) is 34.8 Å². The van der Waals surface area contributed by atoms with E-state index >= 15 is 0 Å². The molecule has 0 aliphatic carbocycles. The van der Waals surface area contributed by atoms with Crippen molar-refractivity contribution < 1.29 is 4.79 Å². The van der Waals surface area contributed by atoms with Crippen LogP contribution in [-0.2, 0) is 10.2 Å². The van der Waals surface area contributed by atoms with Gasteiger partial charge in [-0.3, -0.25) is 4.79 Å². The van der Waals surface area contributed by atoms with E-state index in [2.05, 4.69) is 0 Å². The lowest BCUT2D eigenvalue weighted by molar-refractivity contribution is -0.115. The fraction of sp³-hybridized carbons (Fsp3) is 0.133. The van der Waals surface area contributed by atoms with Crippen molar-refractivity contribution in [2.75, 3.05) is 0 Å². The van der Waals surface area contributed by atoms with Crippen LogP contribution in [0, 0.1) is 0 Å². The summed E-state index contributed by atoms with van der Waals surface area (Å²) in [7, 11) is 0. The number of hydrogen-bond acceptors (Lipinski definition) is 1. The highest BCUT2D eigenvalue weighted by Crippen LogP contribution is 2.35. The quantitative estimate of drug-likeness (QED) is 0.723. The van der Waals surface area contributed by atoms with Gasteiger partial charge in [-0.05, 0) is 53.9 Å². The topological polar surface area (TPSA) is 17.1 Å². The van der Waals surface area contributed by atoms with E-state index in [-0.39, 0.29) is 0 Å². The van der Waals surface area contributed by atoms with Gasteiger partial charge in [-0.2, -0.15) is 0 Å². The van der Waals surface area contributed by atoms with Gasteiger partial charge in [-0.1, -0.05) is 47.5 Å². The molecule has 4 heteroatoms. The molecule has 2 rings (SSSR count).